The maximum atomic E-state index is 9.90. The maximum Gasteiger partial charge on any atom is 0.0668 e. The van der Waals surface area contributed by atoms with E-state index < -0.39 is 0 Å². The predicted octanol–water partition coefficient (Wildman–Crippen LogP) is 3.58. The summed E-state index contributed by atoms with van der Waals surface area (Å²) in [4.78, 5) is 0. The Bertz CT molecular complexity index is 384. The molecule has 1 aromatic carbocycles. The highest BCUT2D eigenvalue weighted by atomic mass is 79.9. The van der Waals surface area contributed by atoms with E-state index in [-0.39, 0.29) is 12.1 Å². The molecule has 1 fully saturated rings. The standard InChI is InChI=1S/C15H22BrNO/c1-2-15(11-18,17-14-8-3-4-9-14)12-6-5-7-13(16)10-12/h5-7,10,14,17-18H,2-4,8-9,11H2,1H3. The van der Waals surface area contributed by atoms with Crippen LogP contribution in [0.3, 0.4) is 0 Å². The van der Waals surface area contributed by atoms with E-state index in [1.54, 1.807) is 0 Å². The topological polar surface area (TPSA) is 32.3 Å². The van der Waals surface area contributed by atoms with Gasteiger partial charge in [-0.1, -0.05) is 47.8 Å². The third-order valence-electron chi connectivity index (χ3n) is 4.09. The van der Waals surface area contributed by atoms with Crippen LogP contribution in [0.1, 0.15) is 44.6 Å². The minimum Gasteiger partial charge on any atom is -0.394 e. The number of halogens is 1. The molecule has 0 radical (unpaired) electrons. The number of benzene rings is 1. The Labute approximate surface area is 118 Å². The molecule has 1 aliphatic rings. The normalized spacial score (nSPS) is 19.9. The van der Waals surface area contributed by atoms with Gasteiger partial charge in [-0.3, -0.25) is 0 Å². The van der Waals surface area contributed by atoms with Crippen LogP contribution in [0.2, 0.25) is 0 Å². The Balaban J connectivity index is 2.24. The van der Waals surface area contributed by atoms with Gasteiger partial charge in [0.1, 0.15) is 0 Å². The molecular formula is C15H22BrNO. The average molecular weight is 312 g/mol. The van der Waals surface area contributed by atoms with Crippen molar-refractivity contribution >= 4 is 15.9 Å². The zero-order chi connectivity index (χ0) is 13.0. The molecule has 2 rings (SSSR count). The Morgan fingerprint density at radius 2 is 2.11 bits per heavy atom. The number of rotatable bonds is 5. The second-order valence-corrected chi connectivity index (χ2v) is 6.15. The molecule has 3 heteroatoms. The zero-order valence-corrected chi connectivity index (χ0v) is 12.5. The molecule has 1 atom stereocenters. The predicted molar refractivity (Wildman–Crippen MR) is 78.6 cm³/mol. The highest BCUT2D eigenvalue weighted by Crippen LogP contribution is 2.30. The molecule has 0 amide bonds. The first-order valence-electron chi connectivity index (χ1n) is 6.85. The van der Waals surface area contributed by atoms with Crippen molar-refractivity contribution in [3.8, 4) is 0 Å². The van der Waals surface area contributed by atoms with Gasteiger partial charge in [0, 0.05) is 10.5 Å². The van der Waals surface area contributed by atoms with Gasteiger partial charge in [0.05, 0.1) is 12.1 Å². The molecule has 0 aromatic heterocycles. The molecule has 0 saturated heterocycles. The van der Waals surface area contributed by atoms with Gasteiger partial charge >= 0.3 is 0 Å². The van der Waals surface area contributed by atoms with Crippen LogP contribution in [0.5, 0.6) is 0 Å². The Morgan fingerprint density at radius 1 is 1.39 bits per heavy atom. The van der Waals surface area contributed by atoms with Crippen LogP contribution in [0.15, 0.2) is 28.7 Å². The maximum absolute atomic E-state index is 9.90. The summed E-state index contributed by atoms with van der Waals surface area (Å²) in [6, 6.07) is 8.83. The summed E-state index contributed by atoms with van der Waals surface area (Å²) < 4.78 is 1.07. The van der Waals surface area contributed by atoms with Crippen molar-refractivity contribution in [2.45, 2.75) is 50.6 Å². The molecule has 2 N–H and O–H groups in total. The van der Waals surface area contributed by atoms with Gasteiger partial charge in [0.25, 0.3) is 0 Å². The SMILES string of the molecule is CCC(CO)(NC1CCCC1)c1cccc(Br)c1. The van der Waals surface area contributed by atoms with E-state index in [2.05, 4.69) is 40.3 Å². The van der Waals surface area contributed by atoms with Crippen molar-refractivity contribution in [2.24, 2.45) is 0 Å². The molecular weight excluding hydrogens is 290 g/mol. The van der Waals surface area contributed by atoms with Gasteiger partial charge < -0.3 is 10.4 Å². The van der Waals surface area contributed by atoms with E-state index in [0.29, 0.717) is 6.04 Å². The molecule has 1 aromatic rings. The van der Waals surface area contributed by atoms with Gasteiger partial charge in [-0.05, 0) is 37.0 Å². The third kappa shape index (κ3) is 2.95. The van der Waals surface area contributed by atoms with Crippen molar-refractivity contribution in [1.29, 1.82) is 0 Å². The molecule has 1 aliphatic carbocycles. The number of hydrogen-bond donors (Lipinski definition) is 2. The lowest BCUT2D eigenvalue weighted by molar-refractivity contribution is 0.141. The highest BCUT2D eigenvalue weighted by molar-refractivity contribution is 9.10. The number of nitrogens with one attached hydrogen (secondary N) is 1. The number of aliphatic hydroxyl groups is 1. The van der Waals surface area contributed by atoms with E-state index in [1.807, 2.05) is 12.1 Å². The molecule has 1 unspecified atom stereocenters. The molecule has 18 heavy (non-hydrogen) atoms. The molecule has 1 saturated carbocycles. The van der Waals surface area contributed by atoms with Gasteiger partial charge in [-0.25, -0.2) is 0 Å². The van der Waals surface area contributed by atoms with Crippen LogP contribution >= 0.6 is 15.9 Å². The third-order valence-corrected chi connectivity index (χ3v) is 4.58. The summed E-state index contributed by atoms with van der Waals surface area (Å²) >= 11 is 3.52. The molecule has 0 heterocycles. The molecule has 0 spiro atoms. The van der Waals surface area contributed by atoms with E-state index in [9.17, 15) is 5.11 Å². The van der Waals surface area contributed by atoms with Crippen molar-refractivity contribution in [2.75, 3.05) is 6.61 Å². The van der Waals surface area contributed by atoms with Crippen molar-refractivity contribution < 1.29 is 5.11 Å². The fraction of sp³-hybridized carbons (Fsp3) is 0.600. The van der Waals surface area contributed by atoms with E-state index in [1.165, 1.54) is 31.2 Å². The zero-order valence-electron chi connectivity index (χ0n) is 11.0. The lowest BCUT2D eigenvalue weighted by atomic mass is 9.87. The van der Waals surface area contributed by atoms with Crippen molar-refractivity contribution in [3.63, 3.8) is 0 Å². The van der Waals surface area contributed by atoms with Crippen LogP contribution in [0, 0.1) is 0 Å². The summed E-state index contributed by atoms with van der Waals surface area (Å²) in [5, 5.41) is 13.6. The lowest BCUT2D eigenvalue weighted by Crippen LogP contribution is -2.49. The second kappa shape index (κ2) is 6.18. The quantitative estimate of drug-likeness (QED) is 0.871. The molecule has 2 nitrogen and oxygen atoms in total. The van der Waals surface area contributed by atoms with Gasteiger partial charge in [-0.15, -0.1) is 0 Å². The minimum absolute atomic E-state index is 0.149. The fourth-order valence-electron chi connectivity index (χ4n) is 2.89. The summed E-state index contributed by atoms with van der Waals surface area (Å²) in [6.07, 6.45) is 5.98. The second-order valence-electron chi connectivity index (χ2n) is 5.23. The van der Waals surface area contributed by atoms with E-state index in [0.717, 1.165) is 10.9 Å². The molecule has 0 bridgehead atoms. The smallest absolute Gasteiger partial charge is 0.0668 e. The summed E-state index contributed by atoms with van der Waals surface area (Å²) in [7, 11) is 0. The first-order valence-corrected chi connectivity index (χ1v) is 7.64. The number of aliphatic hydroxyl groups excluding tert-OH is 1. The van der Waals surface area contributed by atoms with Gasteiger partial charge in [0.15, 0.2) is 0 Å². The van der Waals surface area contributed by atoms with E-state index in [4.69, 9.17) is 0 Å². The first-order chi connectivity index (χ1) is 8.70. The van der Waals surface area contributed by atoms with Crippen molar-refractivity contribution in [3.05, 3.63) is 34.3 Å². The highest BCUT2D eigenvalue weighted by Gasteiger charge is 2.33. The fourth-order valence-corrected chi connectivity index (χ4v) is 3.28. The molecule has 100 valence electrons. The molecule has 0 aliphatic heterocycles. The average Bonchev–Trinajstić information content (AvgIpc) is 2.89. The Kier molecular flexibility index (Phi) is 4.82. The minimum atomic E-state index is -0.293. The van der Waals surface area contributed by atoms with Crippen LogP contribution < -0.4 is 5.32 Å². The largest absolute Gasteiger partial charge is 0.394 e. The van der Waals surface area contributed by atoms with E-state index >= 15 is 0 Å². The summed E-state index contributed by atoms with van der Waals surface area (Å²) in [6.45, 7) is 2.29. The monoisotopic (exact) mass is 311 g/mol. The van der Waals surface area contributed by atoms with Crippen LogP contribution in [0.4, 0.5) is 0 Å². The van der Waals surface area contributed by atoms with Crippen LogP contribution in [0.25, 0.3) is 0 Å². The van der Waals surface area contributed by atoms with Crippen molar-refractivity contribution in [1.82, 2.24) is 5.32 Å². The number of hydrogen-bond acceptors (Lipinski definition) is 2. The Morgan fingerprint density at radius 3 is 2.67 bits per heavy atom. The van der Waals surface area contributed by atoms with Crippen LogP contribution in [-0.2, 0) is 5.54 Å². The van der Waals surface area contributed by atoms with Crippen LogP contribution in [-0.4, -0.2) is 17.8 Å². The van der Waals surface area contributed by atoms with Gasteiger partial charge in [0.2, 0.25) is 0 Å². The van der Waals surface area contributed by atoms with Gasteiger partial charge in [-0.2, -0.15) is 0 Å². The first kappa shape index (κ1) is 14.0. The summed E-state index contributed by atoms with van der Waals surface area (Å²) in [5.74, 6) is 0. The summed E-state index contributed by atoms with van der Waals surface area (Å²) in [5.41, 5.74) is 0.882. The Hall–Kier alpha value is -0.380. The lowest BCUT2D eigenvalue weighted by Gasteiger charge is -2.36.